The lowest BCUT2D eigenvalue weighted by Crippen LogP contribution is -2.59. The van der Waals surface area contributed by atoms with Crippen molar-refractivity contribution < 1.29 is 4.79 Å². The van der Waals surface area contributed by atoms with E-state index in [0.29, 0.717) is 11.6 Å². The molecule has 2 N–H and O–H groups in total. The van der Waals surface area contributed by atoms with Crippen LogP contribution in [0.1, 0.15) is 48.0 Å². The summed E-state index contributed by atoms with van der Waals surface area (Å²) in [5.41, 5.74) is 2.13. The molecular weight excluding hydrogens is 316 g/mol. The lowest BCUT2D eigenvalue weighted by atomic mass is 9.70. The largest absolute Gasteiger partial charge is 0.349 e. The minimum Gasteiger partial charge on any atom is -0.349 e. The topological polar surface area (TPSA) is 41.1 Å². The quantitative estimate of drug-likeness (QED) is 0.870. The molecule has 1 aromatic carbocycles. The van der Waals surface area contributed by atoms with Crippen molar-refractivity contribution in [2.24, 2.45) is 0 Å². The van der Waals surface area contributed by atoms with Crippen LogP contribution in [0.4, 0.5) is 0 Å². The Labute approximate surface area is 128 Å². The number of rotatable bonds is 2. The van der Waals surface area contributed by atoms with Crippen molar-refractivity contribution in [1.82, 2.24) is 10.6 Å². The van der Waals surface area contributed by atoms with Gasteiger partial charge in [-0.3, -0.25) is 4.79 Å². The number of carbonyl (C=O) groups excluding carboxylic acids is 1. The van der Waals surface area contributed by atoms with Crippen LogP contribution in [-0.4, -0.2) is 24.0 Å². The molecule has 1 amide bonds. The van der Waals surface area contributed by atoms with E-state index in [1.807, 2.05) is 25.1 Å². The first-order chi connectivity index (χ1) is 9.58. The normalized spacial score (nSPS) is 24.2. The van der Waals surface area contributed by atoms with E-state index in [0.717, 1.165) is 35.0 Å². The summed E-state index contributed by atoms with van der Waals surface area (Å²) in [7, 11) is 0. The van der Waals surface area contributed by atoms with E-state index in [4.69, 9.17) is 0 Å². The number of halogens is 1. The number of hydrogen-bond donors (Lipinski definition) is 2. The lowest BCUT2D eigenvalue weighted by molar-refractivity contribution is 0.0852. The highest BCUT2D eigenvalue weighted by atomic mass is 79.9. The maximum absolute atomic E-state index is 12.4. The van der Waals surface area contributed by atoms with E-state index in [9.17, 15) is 4.79 Å². The molecule has 1 aromatic rings. The number of benzene rings is 1. The molecule has 1 aliphatic carbocycles. The van der Waals surface area contributed by atoms with Crippen molar-refractivity contribution in [3.63, 3.8) is 0 Å². The van der Waals surface area contributed by atoms with Crippen LogP contribution in [0.2, 0.25) is 0 Å². The van der Waals surface area contributed by atoms with Gasteiger partial charge in [0.1, 0.15) is 0 Å². The second-order valence-corrected chi connectivity index (χ2v) is 7.10. The summed E-state index contributed by atoms with van der Waals surface area (Å²) >= 11 is 3.44. The maximum atomic E-state index is 12.4. The van der Waals surface area contributed by atoms with Crippen molar-refractivity contribution in [3.05, 3.63) is 33.8 Å². The standard InChI is InChI=1S/C16H21BrN2O/c1-11-9-12(17)3-4-14(11)15(20)19-13-5-8-18-16(10-13)6-2-7-16/h3-4,9,13,18H,2,5-8,10H2,1H3,(H,19,20). The average molecular weight is 337 g/mol. The number of piperidine rings is 1. The highest BCUT2D eigenvalue weighted by Gasteiger charge is 2.41. The summed E-state index contributed by atoms with van der Waals surface area (Å²) < 4.78 is 1.02. The molecule has 2 fully saturated rings. The van der Waals surface area contributed by atoms with Crippen molar-refractivity contribution >= 4 is 21.8 Å². The molecule has 1 atom stereocenters. The molecule has 1 aliphatic heterocycles. The molecule has 2 aliphatic rings. The van der Waals surface area contributed by atoms with Gasteiger partial charge in [0.2, 0.25) is 0 Å². The predicted molar refractivity (Wildman–Crippen MR) is 84.0 cm³/mol. The van der Waals surface area contributed by atoms with Crippen molar-refractivity contribution in [2.75, 3.05) is 6.54 Å². The van der Waals surface area contributed by atoms with E-state index in [1.165, 1.54) is 19.3 Å². The fourth-order valence-electron chi connectivity index (χ4n) is 3.41. The number of hydrogen-bond acceptors (Lipinski definition) is 2. The molecule has 4 heteroatoms. The van der Waals surface area contributed by atoms with E-state index in [-0.39, 0.29) is 5.91 Å². The van der Waals surface area contributed by atoms with Gasteiger partial charge >= 0.3 is 0 Å². The van der Waals surface area contributed by atoms with Gasteiger partial charge in [-0.1, -0.05) is 15.9 Å². The molecular formula is C16H21BrN2O. The van der Waals surface area contributed by atoms with Crippen LogP contribution in [0.3, 0.4) is 0 Å². The molecule has 1 saturated carbocycles. The first kappa shape index (κ1) is 14.1. The van der Waals surface area contributed by atoms with Gasteiger partial charge in [-0.05, 0) is 69.3 Å². The first-order valence-electron chi connectivity index (χ1n) is 7.40. The van der Waals surface area contributed by atoms with E-state index < -0.39 is 0 Å². The SMILES string of the molecule is Cc1cc(Br)ccc1C(=O)NC1CCNC2(CCC2)C1. The number of nitrogens with one attached hydrogen (secondary N) is 2. The molecule has 1 heterocycles. The van der Waals surface area contributed by atoms with Crippen LogP contribution in [0.5, 0.6) is 0 Å². The summed E-state index contributed by atoms with van der Waals surface area (Å²) in [6.45, 7) is 3.00. The van der Waals surface area contributed by atoms with Crippen molar-refractivity contribution in [2.45, 2.75) is 50.6 Å². The van der Waals surface area contributed by atoms with E-state index in [1.54, 1.807) is 0 Å². The van der Waals surface area contributed by atoms with Gasteiger partial charge in [0.25, 0.3) is 5.91 Å². The van der Waals surface area contributed by atoms with Gasteiger partial charge < -0.3 is 10.6 Å². The Hall–Kier alpha value is -0.870. The zero-order valence-corrected chi connectivity index (χ0v) is 13.4. The summed E-state index contributed by atoms with van der Waals surface area (Å²) in [5.74, 6) is 0.0661. The minimum atomic E-state index is 0.0661. The Morgan fingerprint density at radius 3 is 2.90 bits per heavy atom. The molecule has 0 bridgehead atoms. The third kappa shape index (κ3) is 2.77. The van der Waals surface area contributed by atoms with Crippen LogP contribution < -0.4 is 10.6 Å². The molecule has 108 valence electrons. The Bertz CT molecular complexity index is 525. The first-order valence-corrected chi connectivity index (χ1v) is 8.19. The minimum absolute atomic E-state index is 0.0661. The summed E-state index contributed by atoms with van der Waals surface area (Å²) in [6.07, 6.45) is 5.95. The van der Waals surface area contributed by atoms with Crippen molar-refractivity contribution in [1.29, 1.82) is 0 Å². The van der Waals surface area contributed by atoms with Gasteiger partial charge in [0.15, 0.2) is 0 Å². The Balaban J connectivity index is 1.66. The van der Waals surface area contributed by atoms with Crippen LogP contribution in [0, 0.1) is 6.92 Å². The molecule has 1 unspecified atom stereocenters. The highest BCUT2D eigenvalue weighted by molar-refractivity contribution is 9.10. The monoisotopic (exact) mass is 336 g/mol. The number of carbonyl (C=O) groups is 1. The zero-order chi connectivity index (χ0) is 14.2. The van der Waals surface area contributed by atoms with Crippen molar-refractivity contribution in [3.8, 4) is 0 Å². The summed E-state index contributed by atoms with van der Waals surface area (Å²) in [4.78, 5) is 12.4. The second kappa shape index (κ2) is 5.49. The van der Waals surface area contributed by atoms with Crippen LogP contribution >= 0.6 is 15.9 Å². The van der Waals surface area contributed by atoms with Crippen LogP contribution in [0.15, 0.2) is 22.7 Å². The zero-order valence-electron chi connectivity index (χ0n) is 11.8. The third-order valence-electron chi connectivity index (χ3n) is 4.71. The molecule has 20 heavy (non-hydrogen) atoms. The Kier molecular flexibility index (Phi) is 3.87. The predicted octanol–water partition coefficient (Wildman–Crippen LogP) is 3.16. The summed E-state index contributed by atoms with van der Waals surface area (Å²) in [6, 6.07) is 6.13. The Morgan fingerprint density at radius 2 is 2.25 bits per heavy atom. The van der Waals surface area contributed by atoms with Gasteiger partial charge in [-0.2, -0.15) is 0 Å². The van der Waals surface area contributed by atoms with Gasteiger partial charge in [-0.25, -0.2) is 0 Å². The van der Waals surface area contributed by atoms with Crippen LogP contribution in [-0.2, 0) is 0 Å². The fourth-order valence-corrected chi connectivity index (χ4v) is 3.89. The van der Waals surface area contributed by atoms with Gasteiger partial charge in [-0.15, -0.1) is 0 Å². The maximum Gasteiger partial charge on any atom is 0.251 e. The van der Waals surface area contributed by atoms with E-state index in [2.05, 4.69) is 26.6 Å². The van der Waals surface area contributed by atoms with Gasteiger partial charge in [0.05, 0.1) is 0 Å². The molecule has 3 nitrogen and oxygen atoms in total. The second-order valence-electron chi connectivity index (χ2n) is 6.18. The van der Waals surface area contributed by atoms with E-state index >= 15 is 0 Å². The number of aryl methyl sites for hydroxylation is 1. The molecule has 1 spiro atoms. The highest BCUT2D eigenvalue weighted by Crippen LogP contribution is 2.38. The lowest BCUT2D eigenvalue weighted by Gasteiger charge is -2.48. The molecule has 1 saturated heterocycles. The summed E-state index contributed by atoms with van der Waals surface area (Å²) in [5, 5.41) is 6.86. The molecule has 0 radical (unpaired) electrons. The fraction of sp³-hybridized carbons (Fsp3) is 0.562. The van der Waals surface area contributed by atoms with Gasteiger partial charge in [0, 0.05) is 21.6 Å². The molecule has 0 aromatic heterocycles. The Morgan fingerprint density at radius 1 is 1.45 bits per heavy atom. The molecule has 3 rings (SSSR count). The smallest absolute Gasteiger partial charge is 0.251 e. The average Bonchev–Trinajstić information content (AvgIpc) is 2.37. The van der Waals surface area contributed by atoms with Crippen LogP contribution in [0.25, 0.3) is 0 Å². The number of amides is 1. The third-order valence-corrected chi connectivity index (χ3v) is 5.20.